The van der Waals surface area contributed by atoms with Crippen molar-refractivity contribution in [2.75, 3.05) is 22.1 Å². The number of amides is 3. The van der Waals surface area contributed by atoms with Gasteiger partial charge in [-0.1, -0.05) is 49.2 Å². The first-order valence-electron chi connectivity index (χ1n) is 12.9. The zero-order chi connectivity index (χ0) is 29.0. The van der Waals surface area contributed by atoms with Gasteiger partial charge in [-0.3, -0.25) is 14.4 Å². The van der Waals surface area contributed by atoms with E-state index < -0.39 is 23.7 Å². The summed E-state index contributed by atoms with van der Waals surface area (Å²) in [4.78, 5) is 52.1. The van der Waals surface area contributed by atoms with E-state index in [1.54, 1.807) is 73.7 Å². The molecule has 0 atom stereocenters. The molecule has 9 heteroatoms. The van der Waals surface area contributed by atoms with E-state index in [9.17, 15) is 19.2 Å². The molecule has 0 spiro atoms. The lowest BCUT2D eigenvalue weighted by Crippen LogP contribution is -2.32. The van der Waals surface area contributed by atoms with Crippen molar-refractivity contribution in [2.45, 2.75) is 34.1 Å². The molecule has 1 heterocycles. The van der Waals surface area contributed by atoms with Gasteiger partial charge in [-0.05, 0) is 80.3 Å². The highest BCUT2D eigenvalue weighted by atomic mass is 35.5. The van der Waals surface area contributed by atoms with Gasteiger partial charge >= 0.3 is 5.97 Å². The molecule has 1 aliphatic rings. The third-order valence-corrected chi connectivity index (χ3v) is 6.74. The molecule has 0 fully saturated rings. The van der Waals surface area contributed by atoms with Crippen LogP contribution in [0, 0.1) is 19.8 Å². The molecule has 2 N–H and O–H groups in total. The SMILES string of the molecule is Cc1ccc(N2C(=O)C(Cl)=C(Nc3cc(C(=O)Nc4ccc(C(=O)OCCC(C)C)cc4)ccc3C)C2=O)cc1. The van der Waals surface area contributed by atoms with Gasteiger partial charge in [-0.25, -0.2) is 9.69 Å². The second kappa shape index (κ2) is 12.2. The van der Waals surface area contributed by atoms with Crippen LogP contribution in [0.5, 0.6) is 0 Å². The molecule has 3 aromatic rings. The minimum Gasteiger partial charge on any atom is -0.462 e. The van der Waals surface area contributed by atoms with Gasteiger partial charge in [-0.2, -0.15) is 0 Å². The summed E-state index contributed by atoms with van der Waals surface area (Å²) in [5.74, 6) is -1.59. The molecule has 8 nitrogen and oxygen atoms in total. The molecule has 0 radical (unpaired) electrons. The number of anilines is 3. The first kappa shape index (κ1) is 28.6. The fourth-order valence-electron chi connectivity index (χ4n) is 3.94. The Morgan fingerprint density at radius 2 is 1.55 bits per heavy atom. The number of hydrogen-bond donors (Lipinski definition) is 2. The molecule has 0 saturated carbocycles. The molecule has 3 aromatic carbocycles. The van der Waals surface area contributed by atoms with Gasteiger partial charge in [0.15, 0.2) is 0 Å². The van der Waals surface area contributed by atoms with Crippen LogP contribution in [-0.2, 0) is 14.3 Å². The molecule has 1 aliphatic heterocycles. The lowest BCUT2D eigenvalue weighted by atomic mass is 10.1. The number of carbonyl (C=O) groups excluding carboxylic acids is 4. The van der Waals surface area contributed by atoms with Crippen molar-refractivity contribution in [1.29, 1.82) is 0 Å². The minimum atomic E-state index is -0.628. The molecule has 0 saturated heterocycles. The maximum absolute atomic E-state index is 13.1. The topological polar surface area (TPSA) is 105 Å². The van der Waals surface area contributed by atoms with Gasteiger partial charge in [0.1, 0.15) is 10.7 Å². The largest absolute Gasteiger partial charge is 0.462 e. The molecule has 0 aliphatic carbocycles. The molecule has 206 valence electrons. The number of halogens is 1. The minimum absolute atomic E-state index is 0.0660. The number of aryl methyl sites for hydroxylation is 2. The number of rotatable bonds is 9. The van der Waals surface area contributed by atoms with Crippen LogP contribution in [0.4, 0.5) is 17.1 Å². The third kappa shape index (κ3) is 6.40. The van der Waals surface area contributed by atoms with E-state index in [-0.39, 0.29) is 10.7 Å². The van der Waals surface area contributed by atoms with Crippen LogP contribution in [0.25, 0.3) is 0 Å². The van der Waals surface area contributed by atoms with E-state index in [1.807, 2.05) is 6.92 Å². The van der Waals surface area contributed by atoms with Gasteiger partial charge in [0, 0.05) is 16.9 Å². The summed E-state index contributed by atoms with van der Waals surface area (Å²) >= 11 is 6.28. The molecule has 40 heavy (non-hydrogen) atoms. The van der Waals surface area contributed by atoms with Crippen LogP contribution in [0.15, 0.2) is 77.5 Å². The summed E-state index contributed by atoms with van der Waals surface area (Å²) in [7, 11) is 0. The molecule has 0 aromatic heterocycles. The summed E-state index contributed by atoms with van der Waals surface area (Å²) in [6.45, 7) is 8.17. The number of carbonyl (C=O) groups is 4. The molecule has 0 unspecified atom stereocenters. The monoisotopic (exact) mass is 559 g/mol. The molecule has 0 bridgehead atoms. The second-order valence-corrected chi connectivity index (χ2v) is 10.4. The number of nitrogens with one attached hydrogen (secondary N) is 2. The summed E-state index contributed by atoms with van der Waals surface area (Å²) < 4.78 is 5.27. The smallest absolute Gasteiger partial charge is 0.338 e. The first-order valence-corrected chi connectivity index (χ1v) is 13.2. The zero-order valence-electron chi connectivity index (χ0n) is 22.7. The highest BCUT2D eigenvalue weighted by Gasteiger charge is 2.39. The van der Waals surface area contributed by atoms with E-state index >= 15 is 0 Å². The number of esters is 1. The van der Waals surface area contributed by atoms with Crippen molar-refractivity contribution in [3.05, 3.63) is 99.7 Å². The van der Waals surface area contributed by atoms with Gasteiger partial charge in [-0.15, -0.1) is 0 Å². The lowest BCUT2D eigenvalue weighted by molar-refractivity contribution is -0.120. The van der Waals surface area contributed by atoms with Crippen LogP contribution in [-0.4, -0.2) is 30.3 Å². The van der Waals surface area contributed by atoms with Gasteiger partial charge in [0.2, 0.25) is 0 Å². The maximum atomic E-state index is 13.1. The predicted molar refractivity (Wildman–Crippen MR) is 155 cm³/mol. The molecular weight excluding hydrogens is 530 g/mol. The average Bonchev–Trinajstić information content (AvgIpc) is 3.13. The van der Waals surface area contributed by atoms with Crippen LogP contribution >= 0.6 is 11.6 Å². The standard InChI is InChI=1S/C31H30ClN3O5/c1-18(2)15-16-40-31(39)21-9-11-23(12-10-21)33-28(36)22-8-7-20(4)25(17-22)34-27-26(32)29(37)35(30(27)38)24-13-5-19(3)6-14-24/h5-14,17-18,34H,15-16H2,1-4H3,(H,33,36). The summed E-state index contributed by atoms with van der Waals surface area (Å²) in [5.41, 5.74) is 3.73. The maximum Gasteiger partial charge on any atom is 0.338 e. The number of nitrogens with zero attached hydrogens (tertiary/aromatic N) is 1. The fourth-order valence-corrected chi connectivity index (χ4v) is 4.15. The Kier molecular flexibility index (Phi) is 8.70. The van der Waals surface area contributed by atoms with E-state index in [0.29, 0.717) is 40.7 Å². The van der Waals surface area contributed by atoms with Crippen molar-refractivity contribution in [2.24, 2.45) is 5.92 Å². The highest BCUT2D eigenvalue weighted by molar-refractivity contribution is 6.53. The number of hydrogen-bond acceptors (Lipinski definition) is 6. The third-order valence-electron chi connectivity index (χ3n) is 6.39. The van der Waals surface area contributed by atoms with Crippen LogP contribution < -0.4 is 15.5 Å². The Morgan fingerprint density at radius 3 is 2.20 bits per heavy atom. The summed E-state index contributed by atoms with van der Waals surface area (Å²) in [6.07, 6.45) is 0.784. The van der Waals surface area contributed by atoms with Gasteiger partial charge in [0.25, 0.3) is 17.7 Å². The average molecular weight is 560 g/mol. The fraction of sp³-hybridized carbons (Fsp3) is 0.226. The predicted octanol–water partition coefficient (Wildman–Crippen LogP) is 6.19. The molecule has 3 amide bonds. The van der Waals surface area contributed by atoms with Crippen LogP contribution in [0.1, 0.15) is 52.1 Å². The van der Waals surface area contributed by atoms with Crippen molar-refractivity contribution in [3.63, 3.8) is 0 Å². The second-order valence-electron chi connectivity index (χ2n) is 9.97. The number of benzene rings is 3. The zero-order valence-corrected chi connectivity index (χ0v) is 23.5. The lowest BCUT2D eigenvalue weighted by Gasteiger charge is -2.16. The quantitative estimate of drug-likeness (QED) is 0.239. The van der Waals surface area contributed by atoms with E-state index in [0.717, 1.165) is 22.4 Å². The number of ether oxygens (including phenoxy) is 1. The highest BCUT2D eigenvalue weighted by Crippen LogP contribution is 2.31. The number of imide groups is 1. The Hall–Kier alpha value is -4.43. The normalized spacial score (nSPS) is 13.2. The van der Waals surface area contributed by atoms with E-state index in [1.165, 1.54) is 0 Å². The van der Waals surface area contributed by atoms with E-state index in [4.69, 9.17) is 16.3 Å². The van der Waals surface area contributed by atoms with Gasteiger partial charge in [0.05, 0.1) is 17.9 Å². The van der Waals surface area contributed by atoms with Crippen LogP contribution in [0.2, 0.25) is 0 Å². The van der Waals surface area contributed by atoms with Crippen molar-refractivity contribution in [1.82, 2.24) is 0 Å². The van der Waals surface area contributed by atoms with Crippen molar-refractivity contribution >= 4 is 52.4 Å². The molecule has 4 rings (SSSR count). The first-order chi connectivity index (χ1) is 19.0. The Morgan fingerprint density at radius 1 is 0.900 bits per heavy atom. The van der Waals surface area contributed by atoms with E-state index in [2.05, 4.69) is 24.5 Å². The summed E-state index contributed by atoms with van der Waals surface area (Å²) in [5, 5.41) is 5.52. The van der Waals surface area contributed by atoms with Gasteiger partial charge < -0.3 is 15.4 Å². The van der Waals surface area contributed by atoms with Crippen molar-refractivity contribution in [3.8, 4) is 0 Å². The van der Waals surface area contributed by atoms with Crippen LogP contribution in [0.3, 0.4) is 0 Å². The summed E-state index contributed by atoms with van der Waals surface area (Å²) in [6, 6.07) is 18.3. The molecular formula is C31H30ClN3O5. The van der Waals surface area contributed by atoms with Crippen molar-refractivity contribution < 1.29 is 23.9 Å². The Labute approximate surface area is 238 Å². The Balaban J connectivity index is 1.45. The Bertz CT molecular complexity index is 1490.